The Morgan fingerprint density at radius 2 is 1.79 bits per heavy atom. The SMILES string of the molecule is CC1CCN(C(=O)C2(C#N)CCCCCC2)CC1C. The van der Waals surface area contributed by atoms with Crippen LogP contribution in [0.3, 0.4) is 0 Å². The lowest BCUT2D eigenvalue weighted by molar-refractivity contribution is -0.142. The van der Waals surface area contributed by atoms with Crippen LogP contribution in [-0.4, -0.2) is 23.9 Å². The minimum Gasteiger partial charge on any atom is -0.341 e. The van der Waals surface area contributed by atoms with Gasteiger partial charge in [-0.2, -0.15) is 5.26 Å². The molecular weight excluding hydrogens is 236 g/mol. The van der Waals surface area contributed by atoms with Crippen molar-refractivity contribution in [2.75, 3.05) is 13.1 Å². The van der Waals surface area contributed by atoms with Crippen molar-refractivity contribution >= 4 is 5.91 Å². The molecule has 0 N–H and O–H groups in total. The Bertz CT molecular complexity index is 363. The van der Waals surface area contributed by atoms with Crippen LogP contribution in [0.15, 0.2) is 0 Å². The van der Waals surface area contributed by atoms with E-state index in [4.69, 9.17) is 0 Å². The zero-order valence-electron chi connectivity index (χ0n) is 12.3. The molecule has 0 spiro atoms. The Balaban J connectivity index is 2.10. The predicted molar refractivity (Wildman–Crippen MR) is 75.3 cm³/mol. The van der Waals surface area contributed by atoms with E-state index >= 15 is 0 Å². The van der Waals surface area contributed by atoms with Gasteiger partial charge in [0.25, 0.3) is 0 Å². The lowest BCUT2D eigenvalue weighted by Crippen LogP contribution is -2.49. The summed E-state index contributed by atoms with van der Waals surface area (Å²) in [5.74, 6) is 1.37. The Morgan fingerprint density at radius 3 is 2.32 bits per heavy atom. The summed E-state index contributed by atoms with van der Waals surface area (Å²) in [6.07, 6.45) is 7.01. The summed E-state index contributed by atoms with van der Waals surface area (Å²) in [7, 11) is 0. The van der Waals surface area contributed by atoms with Gasteiger partial charge in [0, 0.05) is 13.1 Å². The summed E-state index contributed by atoms with van der Waals surface area (Å²) in [5, 5.41) is 9.59. The van der Waals surface area contributed by atoms with Gasteiger partial charge in [-0.3, -0.25) is 4.79 Å². The molecule has 0 radical (unpaired) electrons. The van der Waals surface area contributed by atoms with Crippen LogP contribution in [0.4, 0.5) is 0 Å². The van der Waals surface area contributed by atoms with Crippen LogP contribution in [0.1, 0.15) is 58.8 Å². The normalized spacial score (nSPS) is 31.3. The number of carbonyl (C=O) groups excluding carboxylic acids is 1. The highest BCUT2D eigenvalue weighted by Crippen LogP contribution is 2.37. The molecule has 2 fully saturated rings. The summed E-state index contributed by atoms with van der Waals surface area (Å²) in [4.78, 5) is 14.8. The van der Waals surface area contributed by atoms with Gasteiger partial charge < -0.3 is 4.90 Å². The number of hydrogen-bond donors (Lipinski definition) is 0. The van der Waals surface area contributed by atoms with Crippen molar-refractivity contribution in [1.82, 2.24) is 4.90 Å². The molecule has 2 unspecified atom stereocenters. The highest BCUT2D eigenvalue weighted by atomic mass is 16.2. The first kappa shape index (κ1) is 14.4. The molecule has 3 heteroatoms. The molecule has 0 aromatic heterocycles. The first-order valence-corrected chi connectivity index (χ1v) is 7.80. The largest absolute Gasteiger partial charge is 0.341 e. The number of nitriles is 1. The van der Waals surface area contributed by atoms with Crippen LogP contribution in [0.2, 0.25) is 0 Å². The molecule has 2 rings (SSSR count). The minimum atomic E-state index is -0.712. The zero-order valence-corrected chi connectivity index (χ0v) is 12.3. The van der Waals surface area contributed by atoms with E-state index in [0.717, 1.165) is 45.2 Å². The summed E-state index contributed by atoms with van der Waals surface area (Å²) in [6.45, 7) is 6.16. The second-order valence-corrected chi connectivity index (χ2v) is 6.60. The van der Waals surface area contributed by atoms with Gasteiger partial charge in [0.05, 0.1) is 6.07 Å². The van der Waals surface area contributed by atoms with Gasteiger partial charge in [0.2, 0.25) is 5.91 Å². The Kier molecular flexibility index (Phi) is 4.50. The van der Waals surface area contributed by atoms with Crippen LogP contribution >= 0.6 is 0 Å². The molecule has 19 heavy (non-hydrogen) atoms. The molecular formula is C16H26N2O. The lowest BCUT2D eigenvalue weighted by Gasteiger charge is -2.39. The second kappa shape index (κ2) is 5.94. The molecule has 3 nitrogen and oxygen atoms in total. The van der Waals surface area contributed by atoms with Gasteiger partial charge in [-0.25, -0.2) is 0 Å². The van der Waals surface area contributed by atoms with Crippen molar-refractivity contribution in [3.63, 3.8) is 0 Å². The third kappa shape index (κ3) is 2.94. The molecule has 1 saturated heterocycles. The topological polar surface area (TPSA) is 44.1 Å². The third-order valence-electron chi connectivity index (χ3n) is 5.20. The van der Waals surface area contributed by atoms with Crippen LogP contribution < -0.4 is 0 Å². The zero-order chi connectivity index (χ0) is 13.9. The first-order chi connectivity index (χ1) is 9.09. The number of nitrogens with zero attached hydrogens (tertiary/aromatic N) is 2. The molecule has 1 amide bonds. The molecule has 1 aliphatic carbocycles. The van der Waals surface area contributed by atoms with Crippen molar-refractivity contribution in [2.24, 2.45) is 17.3 Å². The molecule has 2 aliphatic rings. The van der Waals surface area contributed by atoms with Crippen molar-refractivity contribution in [3.8, 4) is 6.07 Å². The molecule has 1 saturated carbocycles. The summed E-state index contributed by atoms with van der Waals surface area (Å²) in [6, 6.07) is 2.39. The Labute approximate surface area is 117 Å². The fourth-order valence-electron chi connectivity index (χ4n) is 3.46. The monoisotopic (exact) mass is 262 g/mol. The van der Waals surface area contributed by atoms with E-state index in [1.54, 1.807) is 0 Å². The number of likely N-dealkylation sites (tertiary alicyclic amines) is 1. The number of amides is 1. The van der Waals surface area contributed by atoms with Crippen molar-refractivity contribution in [1.29, 1.82) is 5.26 Å². The molecule has 1 aliphatic heterocycles. The van der Waals surface area contributed by atoms with Crippen molar-refractivity contribution in [3.05, 3.63) is 0 Å². The molecule has 1 heterocycles. The maximum absolute atomic E-state index is 12.8. The number of piperidine rings is 1. The van der Waals surface area contributed by atoms with Crippen LogP contribution in [0.5, 0.6) is 0 Å². The maximum Gasteiger partial charge on any atom is 0.243 e. The van der Waals surface area contributed by atoms with Crippen molar-refractivity contribution in [2.45, 2.75) is 58.8 Å². The summed E-state index contributed by atoms with van der Waals surface area (Å²) < 4.78 is 0. The van der Waals surface area contributed by atoms with Crippen LogP contribution in [0.25, 0.3) is 0 Å². The van der Waals surface area contributed by atoms with Gasteiger partial charge in [-0.05, 0) is 31.1 Å². The fourth-order valence-corrected chi connectivity index (χ4v) is 3.46. The summed E-state index contributed by atoms with van der Waals surface area (Å²) in [5.41, 5.74) is -0.712. The molecule has 0 aromatic rings. The lowest BCUT2D eigenvalue weighted by atomic mass is 9.79. The Morgan fingerprint density at radius 1 is 1.16 bits per heavy atom. The van der Waals surface area contributed by atoms with E-state index in [9.17, 15) is 10.1 Å². The minimum absolute atomic E-state index is 0.121. The van der Waals surface area contributed by atoms with E-state index in [-0.39, 0.29) is 5.91 Å². The number of rotatable bonds is 1. The molecule has 0 aromatic carbocycles. The average Bonchev–Trinajstić information content (AvgIpc) is 2.67. The van der Waals surface area contributed by atoms with E-state index < -0.39 is 5.41 Å². The highest BCUT2D eigenvalue weighted by Gasteiger charge is 2.42. The molecule has 106 valence electrons. The number of carbonyl (C=O) groups is 1. The van der Waals surface area contributed by atoms with Crippen LogP contribution in [0, 0.1) is 28.6 Å². The fraction of sp³-hybridized carbons (Fsp3) is 0.875. The third-order valence-corrected chi connectivity index (χ3v) is 5.20. The highest BCUT2D eigenvalue weighted by molar-refractivity contribution is 5.85. The van der Waals surface area contributed by atoms with Gasteiger partial charge >= 0.3 is 0 Å². The predicted octanol–water partition coefficient (Wildman–Crippen LogP) is 3.36. The van der Waals surface area contributed by atoms with Gasteiger partial charge in [-0.1, -0.05) is 39.5 Å². The Hall–Kier alpha value is -1.04. The smallest absolute Gasteiger partial charge is 0.243 e. The van der Waals surface area contributed by atoms with E-state index in [1.165, 1.54) is 12.8 Å². The average molecular weight is 262 g/mol. The summed E-state index contributed by atoms with van der Waals surface area (Å²) >= 11 is 0. The maximum atomic E-state index is 12.8. The van der Waals surface area contributed by atoms with Crippen molar-refractivity contribution < 1.29 is 4.79 Å². The van der Waals surface area contributed by atoms with Gasteiger partial charge in [-0.15, -0.1) is 0 Å². The second-order valence-electron chi connectivity index (χ2n) is 6.60. The van der Waals surface area contributed by atoms with E-state index in [1.807, 2.05) is 4.90 Å². The number of hydrogen-bond acceptors (Lipinski definition) is 2. The standard InChI is InChI=1S/C16H26N2O/c1-13-7-10-18(11-14(13)2)15(19)16(12-17)8-5-3-4-6-9-16/h13-14H,3-11H2,1-2H3. The van der Waals surface area contributed by atoms with E-state index in [0.29, 0.717) is 11.8 Å². The van der Waals surface area contributed by atoms with Gasteiger partial charge in [0.1, 0.15) is 5.41 Å². The van der Waals surface area contributed by atoms with Gasteiger partial charge in [0.15, 0.2) is 0 Å². The van der Waals surface area contributed by atoms with Crippen LogP contribution in [-0.2, 0) is 4.79 Å². The quantitative estimate of drug-likeness (QED) is 0.680. The molecule has 0 bridgehead atoms. The van der Waals surface area contributed by atoms with E-state index in [2.05, 4.69) is 19.9 Å². The molecule has 2 atom stereocenters. The first-order valence-electron chi connectivity index (χ1n) is 7.80.